The summed E-state index contributed by atoms with van der Waals surface area (Å²) in [7, 11) is 0. The molecule has 0 atom stereocenters. The molecule has 0 aliphatic carbocycles. The first-order valence-electron chi connectivity index (χ1n) is 13.6. The fraction of sp³-hybridized carbons (Fsp3) is 0.0278. The van der Waals surface area contributed by atoms with Gasteiger partial charge in [0, 0.05) is 17.2 Å². The third kappa shape index (κ3) is 5.12. The first kappa shape index (κ1) is 28.2. The predicted octanol–water partition coefficient (Wildman–Crippen LogP) is 7.05. The van der Waals surface area contributed by atoms with Crippen molar-refractivity contribution in [3.05, 3.63) is 173 Å². The number of nitrogens with zero attached hydrogens (tertiary/aromatic N) is 3. The summed E-state index contributed by atoms with van der Waals surface area (Å²) < 4.78 is 45.0. The molecular weight excluding hydrogens is 561 g/mol. The van der Waals surface area contributed by atoms with E-state index in [1.807, 2.05) is 91.0 Å². The molecule has 6 aromatic rings. The van der Waals surface area contributed by atoms with E-state index < -0.39 is 28.9 Å². The van der Waals surface area contributed by atoms with E-state index in [-0.39, 0.29) is 28.1 Å². The molecule has 8 heteroatoms. The normalized spacial score (nSPS) is 11.1. The van der Waals surface area contributed by atoms with E-state index in [9.17, 15) is 13.6 Å². The summed E-state index contributed by atoms with van der Waals surface area (Å²) >= 11 is 0. The Balaban J connectivity index is 1.37. The molecule has 0 saturated heterocycles. The molecule has 0 fully saturated rings. The van der Waals surface area contributed by atoms with Gasteiger partial charge < -0.3 is 5.32 Å². The van der Waals surface area contributed by atoms with Gasteiger partial charge in [-0.15, -0.1) is 11.5 Å². The van der Waals surface area contributed by atoms with Crippen LogP contribution in [0.3, 0.4) is 0 Å². The summed E-state index contributed by atoms with van der Waals surface area (Å²) in [6.07, 6.45) is 6.60. The van der Waals surface area contributed by atoms with Gasteiger partial charge >= 0.3 is 0 Å². The van der Waals surface area contributed by atoms with Crippen LogP contribution >= 0.6 is 0 Å². The van der Waals surface area contributed by atoms with Crippen LogP contribution in [0.15, 0.2) is 128 Å². The number of hydrogen-bond acceptors (Lipinski definition) is 3. The van der Waals surface area contributed by atoms with Gasteiger partial charge in [-0.3, -0.25) is 4.79 Å². The largest absolute Gasteiger partial charge is 0.334 e. The Morgan fingerprint density at radius 1 is 0.727 bits per heavy atom. The number of benzene rings is 5. The highest BCUT2D eigenvalue weighted by Crippen LogP contribution is 2.37. The zero-order chi connectivity index (χ0) is 30.7. The van der Waals surface area contributed by atoms with E-state index in [4.69, 9.17) is 6.42 Å². The molecule has 1 amide bonds. The number of rotatable bonds is 7. The topological polar surface area (TPSA) is 59.8 Å². The minimum atomic E-state index is -1.09. The summed E-state index contributed by atoms with van der Waals surface area (Å²) in [5.74, 6) is -0.891. The lowest BCUT2D eigenvalue weighted by Gasteiger charge is -2.37. The predicted molar refractivity (Wildman–Crippen MR) is 161 cm³/mol. The van der Waals surface area contributed by atoms with Gasteiger partial charge in [-0.1, -0.05) is 102 Å². The van der Waals surface area contributed by atoms with Crippen LogP contribution in [0.2, 0.25) is 0 Å². The molecule has 1 aromatic heterocycles. The first-order valence-corrected chi connectivity index (χ1v) is 13.6. The number of carbonyl (C=O) groups is 1. The molecule has 6 rings (SSSR count). The van der Waals surface area contributed by atoms with Crippen LogP contribution in [0.4, 0.5) is 13.2 Å². The summed E-state index contributed by atoms with van der Waals surface area (Å²) in [4.78, 5) is 13.9. The van der Waals surface area contributed by atoms with Gasteiger partial charge in [0.25, 0.3) is 5.91 Å². The number of terminal acetylenes is 1. The van der Waals surface area contributed by atoms with Crippen LogP contribution in [0.25, 0.3) is 16.9 Å². The highest BCUT2D eigenvalue weighted by atomic mass is 19.1. The Bertz CT molecular complexity index is 1910. The molecule has 44 heavy (non-hydrogen) atoms. The smallest absolute Gasteiger partial charge is 0.252 e. The van der Waals surface area contributed by atoms with Crippen molar-refractivity contribution in [2.24, 2.45) is 0 Å². The van der Waals surface area contributed by atoms with Gasteiger partial charge in [0.1, 0.15) is 34.4 Å². The highest BCUT2D eigenvalue weighted by Gasteiger charge is 2.38. The summed E-state index contributed by atoms with van der Waals surface area (Å²) in [5, 5.41) is 11.0. The maximum absolute atomic E-state index is 15.5. The summed E-state index contributed by atoms with van der Waals surface area (Å²) in [6, 6.07) is 34.4. The van der Waals surface area contributed by atoms with E-state index >= 15 is 4.39 Å². The van der Waals surface area contributed by atoms with Crippen molar-refractivity contribution in [1.29, 1.82) is 0 Å². The average Bonchev–Trinajstić information content (AvgIpc) is 3.54. The fourth-order valence-electron chi connectivity index (χ4n) is 5.22. The van der Waals surface area contributed by atoms with E-state index in [0.717, 1.165) is 33.5 Å². The molecule has 1 heterocycles. The SMILES string of the molecule is C#Cc1cc(-c2cn(-c3ccc(C(=O)NC(c4ccccc4)(c4ccccc4)c4ccccc4)cc3F)nn2)c(F)cc1F. The van der Waals surface area contributed by atoms with E-state index in [2.05, 4.69) is 21.5 Å². The Labute approximate surface area is 251 Å². The lowest BCUT2D eigenvalue weighted by Crippen LogP contribution is -2.47. The molecule has 0 saturated carbocycles. The third-order valence-electron chi connectivity index (χ3n) is 7.36. The van der Waals surface area contributed by atoms with Gasteiger partial charge in [-0.05, 0) is 41.0 Å². The molecular formula is C36H23F3N4O. The van der Waals surface area contributed by atoms with Gasteiger partial charge in [-0.25, -0.2) is 17.9 Å². The quantitative estimate of drug-likeness (QED) is 0.162. The average molecular weight is 585 g/mol. The molecule has 0 aliphatic heterocycles. The van der Waals surface area contributed by atoms with Gasteiger partial charge in [0.05, 0.1) is 11.8 Å². The highest BCUT2D eigenvalue weighted by molar-refractivity contribution is 5.95. The van der Waals surface area contributed by atoms with Crippen LogP contribution in [0, 0.1) is 29.8 Å². The zero-order valence-corrected chi connectivity index (χ0v) is 23.1. The summed E-state index contributed by atoms with van der Waals surface area (Å²) in [5.41, 5.74) is 1.21. The van der Waals surface area contributed by atoms with Crippen LogP contribution < -0.4 is 5.32 Å². The molecule has 0 spiro atoms. The monoisotopic (exact) mass is 584 g/mol. The first-order chi connectivity index (χ1) is 21.4. The molecule has 0 radical (unpaired) electrons. The lowest BCUT2D eigenvalue weighted by molar-refractivity contribution is 0.0924. The second-order valence-corrected chi connectivity index (χ2v) is 9.97. The Kier molecular flexibility index (Phi) is 7.52. The molecule has 214 valence electrons. The van der Waals surface area contributed by atoms with Crippen molar-refractivity contribution in [1.82, 2.24) is 20.3 Å². The van der Waals surface area contributed by atoms with Crippen LogP contribution in [-0.4, -0.2) is 20.9 Å². The minimum absolute atomic E-state index is 0.0265. The van der Waals surface area contributed by atoms with Gasteiger partial charge in [0.15, 0.2) is 0 Å². The molecule has 5 aromatic carbocycles. The van der Waals surface area contributed by atoms with Crippen LogP contribution in [-0.2, 0) is 5.54 Å². The molecule has 0 bridgehead atoms. The molecule has 1 N–H and O–H groups in total. The van der Waals surface area contributed by atoms with E-state index in [1.165, 1.54) is 18.3 Å². The minimum Gasteiger partial charge on any atom is -0.334 e. The molecule has 0 aliphatic rings. The van der Waals surface area contributed by atoms with Crippen LogP contribution in [0.1, 0.15) is 32.6 Å². The van der Waals surface area contributed by atoms with Crippen LogP contribution in [0.5, 0.6) is 0 Å². The van der Waals surface area contributed by atoms with Crippen molar-refractivity contribution >= 4 is 5.91 Å². The number of hydrogen-bond donors (Lipinski definition) is 1. The fourth-order valence-corrected chi connectivity index (χ4v) is 5.22. The van der Waals surface area contributed by atoms with E-state index in [0.29, 0.717) is 6.07 Å². The number of nitrogens with one attached hydrogen (secondary N) is 1. The Morgan fingerprint density at radius 2 is 1.30 bits per heavy atom. The van der Waals surface area contributed by atoms with Crippen molar-refractivity contribution in [2.45, 2.75) is 5.54 Å². The lowest BCUT2D eigenvalue weighted by atomic mass is 9.77. The maximum atomic E-state index is 15.5. The van der Waals surface area contributed by atoms with Crippen molar-refractivity contribution in [2.75, 3.05) is 0 Å². The van der Waals surface area contributed by atoms with Gasteiger partial charge in [0.2, 0.25) is 0 Å². The van der Waals surface area contributed by atoms with Crippen molar-refractivity contribution < 1.29 is 18.0 Å². The Hall–Kier alpha value is -5.94. The maximum Gasteiger partial charge on any atom is 0.252 e. The second-order valence-electron chi connectivity index (χ2n) is 9.97. The summed E-state index contributed by atoms with van der Waals surface area (Å²) in [6.45, 7) is 0. The van der Waals surface area contributed by atoms with Crippen molar-refractivity contribution in [3.8, 4) is 29.3 Å². The zero-order valence-electron chi connectivity index (χ0n) is 23.1. The molecule has 0 unspecified atom stereocenters. The van der Waals surface area contributed by atoms with E-state index in [1.54, 1.807) is 0 Å². The number of carbonyl (C=O) groups excluding carboxylic acids is 1. The molecule has 5 nitrogen and oxygen atoms in total. The number of aromatic nitrogens is 3. The third-order valence-corrected chi connectivity index (χ3v) is 7.36. The Morgan fingerprint density at radius 3 is 1.82 bits per heavy atom. The van der Waals surface area contributed by atoms with Gasteiger partial charge in [-0.2, -0.15) is 0 Å². The number of amides is 1. The number of halogens is 3. The standard InChI is InChI=1S/C36H23F3N4O/c1-2-24-20-29(31(38)22-30(24)37)33-23-43(42-41-33)34-19-18-25(21-32(34)39)35(44)40-36(26-12-6-3-7-13-26,27-14-8-4-9-15-27)28-16-10-5-11-17-28/h1,3-23H,(H,40,44). The van der Waals surface area contributed by atoms with Crippen molar-refractivity contribution in [3.63, 3.8) is 0 Å². The second kappa shape index (κ2) is 11.7.